The molecular formula is C24H31N3O3. The van der Waals surface area contributed by atoms with Crippen LogP contribution in [0.2, 0.25) is 0 Å². The molecule has 2 aromatic rings. The Balaban J connectivity index is 1.55. The first-order valence-electron chi connectivity index (χ1n) is 10.4. The van der Waals surface area contributed by atoms with Gasteiger partial charge in [-0.3, -0.25) is 9.59 Å². The number of nitrogens with one attached hydrogen (secondary N) is 1. The molecule has 3 rings (SSSR count). The monoisotopic (exact) mass is 409 g/mol. The highest BCUT2D eigenvalue weighted by atomic mass is 16.5. The Bertz CT molecular complexity index is 846. The van der Waals surface area contributed by atoms with Gasteiger partial charge in [-0.2, -0.15) is 0 Å². The van der Waals surface area contributed by atoms with Crippen LogP contribution in [0.4, 0.5) is 5.69 Å². The number of benzene rings is 2. The van der Waals surface area contributed by atoms with Crippen LogP contribution < -0.4 is 15.8 Å². The highest BCUT2D eigenvalue weighted by molar-refractivity contribution is 5.91. The summed E-state index contributed by atoms with van der Waals surface area (Å²) < 4.78 is 5.46. The first-order chi connectivity index (χ1) is 14.4. The SMILES string of the molecule is CC(C)(CN)CN(Cc1ccc(NC(=O)COc2ccccc2)cc1)C(=O)C1CC1. The van der Waals surface area contributed by atoms with E-state index in [1.165, 1.54) is 0 Å². The summed E-state index contributed by atoms with van der Waals surface area (Å²) in [5.41, 5.74) is 7.47. The molecule has 0 atom stereocenters. The van der Waals surface area contributed by atoms with E-state index in [1.807, 2.05) is 59.5 Å². The highest BCUT2D eigenvalue weighted by Gasteiger charge is 2.35. The average molecular weight is 410 g/mol. The van der Waals surface area contributed by atoms with Crippen LogP contribution in [-0.4, -0.2) is 36.4 Å². The zero-order chi connectivity index (χ0) is 21.6. The zero-order valence-corrected chi connectivity index (χ0v) is 17.8. The number of hydrogen-bond acceptors (Lipinski definition) is 4. The third-order valence-electron chi connectivity index (χ3n) is 5.13. The van der Waals surface area contributed by atoms with Gasteiger partial charge in [-0.25, -0.2) is 0 Å². The lowest BCUT2D eigenvalue weighted by Gasteiger charge is -2.32. The number of nitrogens with zero attached hydrogens (tertiary/aromatic N) is 1. The number of para-hydroxylation sites is 1. The molecule has 1 aliphatic rings. The van der Waals surface area contributed by atoms with Crippen LogP contribution >= 0.6 is 0 Å². The van der Waals surface area contributed by atoms with E-state index in [0.29, 0.717) is 31.1 Å². The predicted molar refractivity (Wildman–Crippen MR) is 118 cm³/mol. The first-order valence-corrected chi connectivity index (χ1v) is 10.4. The molecule has 1 saturated carbocycles. The molecule has 0 unspecified atom stereocenters. The van der Waals surface area contributed by atoms with E-state index in [0.717, 1.165) is 18.4 Å². The minimum Gasteiger partial charge on any atom is -0.484 e. The van der Waals surface area contributed by atoms with Crippen molar-refractivity contribution in [3.05, 3.63) is 60.2 Å². The normalized spacial score (nSPS) is 13.6. The molecule has 0 radical (unpaired) electrons. The van der Waals surface area contributed by atoms with Crippen molar-refractivity contribution < 1.29 is 14.3 Å². The number of anilines is 1. The molecule has 1 aliphatic carbocycles. The molecule has 6 heteroatoms. The van der Waals surface area contributed by atoms with Crippen LogP contribution in [0.15, 0.2) is 54.6 Å². The van der Waals surface area contributed by atoms with Crippen LogP contribution in [0.25, 0.3) is 0 Å². The second-order valence-corrected chi connectivity index (χ2v) is 8.68. The van der Waals surface area contributed by atoms with Crippen molar-refractivity contribution in [1.82, 2.24) is 4.90 Å². The molecule has 6 nitrogen and oxygen atoms in total. The Kier molecular flexibility index (Phi) is 7.11. The minimum absolute atomic E-state index is 0.0520. The number of carbonyl (C=O) groups is 2. The standard InChI is InChI=1S/C24H31N3O3/c1-24(2,16-25)17-27(23(29)19-10-11-19)14-18-8-12-20(13-9-18)26-22(28)15-30-21-6-4-3-5-7-21/h3-9,12-13,19H,10-11,14-17,25H2,1-2H3,(H,26,28). The van der Waals surface area contributed by atoms with Crippen LogP contribution in [-0.2, 0) is 16.1 Å². The number of carbonyl (C=O) groups excluding carboxylic acids is 2. The number of rotatable bonds is 10. The van der Waals surface area contributed by atoms with Crippen molar-refractivity contribution >= 4 is 17.5 Å². The molecule has 0 aromatic heterocycles. The van der Waals surface area contributed by atoms with Gasteiger partial charge in [0, 0.05) is 24.7 Å². The van der Waals surface area contributed by atoms with Gasteiger partial charge in [0.05, 0.1) is 0 Å². The van der Waals surface area contributed by atoms with E-state index in [2.05, 4.69) is 19.2 Å². The van der Waals surface area contributed by atoms with Crippen molar-refractivity contribution in [3.63, 3.8) is 0 Å². The lowest BCUT2D eigenvalue weighted by Crippen LogP contribution is -2.42. The predicted octanol–water partition coefficient (Wildman–Crippen LogP) is 3.43. The second kappa shape index (κ2) is 9.76. The summed E-state index contributed by atoms with van der Waals surface area (Å²) in [6, 6.07) is 16.8. The largest absolute Gasteiger partial charge is 0.484 e. The number of hydrogen-bond donors (Lipinski definition) is 2. The fourth-order valence-electron chi connectivity index (χ4n) is 3.16. The lowest BCUT2D eigenvalue weighted by molar-refractivity contribution is -0.134. The Hall–Kier alpha value is -2.86. The number of ether oxygens (including phenoxy) is 1. The van der Waals surface area contributed by atoms with Gasteiger partial charge in [0.15, 0.2) is 6.61 Å². The van der Waals surface area contributed by atoms with Gasteiger partial charge >= 0.3 is 0 Å². The average Bonchev–Trinajstić information content (AvgIpc) is 3.59. The Morgan fingerprint density at radius 1 is 1.10 bits per heavy atom. The summed E-state index contributed by atoms with van der Waals surface area (Å²) in [5, 5.41) is 2.83. The molecule has 30 heavy (non-hydrogen) atoms. The third-order valence-corrected chi connectivity index (χ3v) is 5.13. The molecule has 2 aromatic carbocycles. The molecule has 0 aliphatic heterocycles. The summed E-state index contributed by atoms with van der Waals surface area (Å²) in [6.45, 7) is 5.81. The van der Waals surface area contributed by atoms with Gasteiger partial charge < -0.3 is 20.7 Å². The summed E-state index contributed by atoms with van der Waals surface area (Å²) in [6.07, 6.45) is 1.96. The van der Waals surface area contributed by atoms with Crippen molar-refractivity contribution in [3.8, 4) is 5.75 Å². The molecule has 3 N–H and O–H groups in total. The summed E-state index contributed by atoms with van der Waals surface area (Å²) in [4.78, 5) is 26.8. The highest BCUT2D eigenvalue weighted by Crippen LogP contribution is 2.32. The van der Waals surface area contributed by atoms with Gasteiger partial charge in [-0.15, -0.1) is 0 Å². The van der Waals surface area contributed by atoms with Gasteiger partial charge in [-0.1, -0.05) is 44.2 Å². The molecular weight excluding hydrogens is 378 g/mol. The van der Waals surface area contributed by atoms with E-state index >= 15 is 0 Å². The fraction of sp³-hybridized carbons (Fsp3) is 0.417. The van der Waals surface area contributed by atoms with Crippen LogP contribution in [0, 0.1) is 11.3 Å². The Labute approximate surface area is 178 Å². The summed E-state index contributed by atoms with van der Waals surface area (Å²) >= 11 is 0. The van der Waals surface area contributed by atoms with E-state index in [1.54, 1.807) is 0 Å². The Morgan fingerprint density at radius 2 is 1.77 bits per heavy atom. The van der Waals surface area contributed by atoms with Crippen LogP contribution in [0.1, 0.15) is 32.3 Å². The molecule has 2 amide bonds. The third kappa shape index (κ3) is 6.59. The van der Waals surface area contributed by atoms with Crippen molar-refractivity contribution in [2.45, 2.75) is 33.2 Å². The fourth-order valence-corrected chi connectivity index (χ4v) is 3.16. The maximum absolute atomic E-state index is 12.7. The Morgan fingerprint density at radius 3 is 2.37 bits per heavy atom. The minimum atomic E-state index is -0.221. The smallest absolute Gasteiger partial charge is 0.262 e. The molecule has 160 valence electrons. The molecule has 0 spiro atoms. The first kappa shape index (κ1) is 21.8. The van der Waals surface area contributed by atoms with Gasteiger partial charge in [-0.05, 0) is 54.6 Å². The van der Waals surface area contributed by atoms with E-state index < -0.39 is 0 Å². The van der Waals surface area contributed by atoms with E-state index in [4.69, 9.17) is 10.5 Å². The number of amides is 2. The van der Waals surface area contributed by atoms with E-state index in [9.17, 15) is 9.59 Å². The van der Waals surface area contributed by atoms with E-state index in [-0.39, 0.29) is 29.8 Å². The van der Waals surface area contributed by atoms with Crippen molar-refractivity contribution in [2.75, 3.05) is 25.0 Å². The maximum Gasteiger partial charge on any atom is 0.262 e. The quantitative estimate of drug-likeness (QED) is 0.630. The van der Waals surface area contributed by atoms with Crippen LogP contribution in [0.3, 0.4) is 0 Å². The maximum atomic E-state index is 12.7. The zero-order valence-electron chi connectivity index (χ0n) is 17.8. The van der Waals surface area contributed by atoms with Crippen molar-refractivity contribution in [1.29, 1.82) is 0 Å². The van der Waals surface area contributed by atoms with Crippen molar-refractivity contribution in [2.24, 2.45) is 17.1 Å². The topological polar surface area (TPSA) is 84.7 Å². The lowest BCUT2D eigenvalue weighted by atomic mass is 9.92. The van der Waals surface area contributed by atoms with Crippen LogP contribution in [0.5, 0.6) is 5.75 Å². The molecule has 1 fully saturated rings. The molecule has 0 saturated heterocycles. The molecule has 0 heterocycles. The van der Waals surface area contributed by atoms with Gasteiger partial charge in [0.25, 0.3) is 5.91 Å². The second-order valence-electron chi connectivity index (χ2n) is 8.68. The summed E-state index contributed by atoms with van der Waals surface area (Å²) in [5.74, 6) is 0.819. The van der Waals surface area contributed by atoms with Gasteiger partial charge in [0.1, 0.15) is 5.75 Å². The molecule has 0 bridgehead atoms. The summed E-state index contributed by atoms with van der Waals surface area (Å²) in [7, 11) is 0. The number of nitrogens with two attached hydrogens (primary N) is 1. The van der Waals surface area contributed by atoms with Gasteiger partial charge in [0.2, 0.25) is 5.91 Å².